The summed E-state index contributed by atoms with van der Waals surface area (Å²) < 4.78 is 0. The lowest BCUT2D eigenvalue weighted by atomic mass is 9.99. The SMILES string of the molecule is CNCC1CN(CC(C)C)C1. The van der Waals surface area contributed by atoms with Crippen molar-refractivity contribution in [1.29, 1.82) is 0 Å². The maximum absolute atomic E-state index is 3.22. The summed E-state index contributed by atoms with van der Waals surface area (Å²) in [6, 6.07) is 0. The molecule has 0 atom stereocenters. The normalized spacial score (nSPS) is 20.7. The highest BCUT2D eigenvalue weighted by molar-refractivity contribution is 4.81. The van der Waals surface area contributed by atoms with Crippen LogP contribution in [-0.4, -0.2) is 38.1 Å². The van der Waals surface area contributed by atoms with E-state index in [1.165, 1.54) is 26.2 Å². The third-order valence-electron chi connectivity index (χ3n) is 2.15. The predicted molar refractivity (Wildman–Crippen MR) is 48.7 cm³/mol. The van der Waals surface area contributed by atoms with Gasteiger partial charge in [-0.1, -0.05) is 13.8 Å². The fraction of sp³-hybridized carbons (Fsp3) is 1.00. The first-order chi connectivity index (χ1) is 5.22. The third-order valence-corrected chi connectivity index (χ3v) is 2.15. The van der Waals surface area contributed by atoms with Crippen molar-refractivity contribution in [1.82, 2.24) is 10.2 Å². The van der Waals surface area contributed by atoms with Gasteiger partial charge >= 0.3 is 0 Å². The van der Waals surface area contributed by atoms with Crippen LogP contribution in [0.4, 0.5) is 0 Å². The van der Waals surface area contributed by atoms with E-state index < -0.39 is 0 Å². The van der Waals surface area contributed by atoms with E-state index in [0.29, 0.717) is 0 Å². The maximum Gasteiger partial charge on any atom is 0.00343 e. The molecule has 1 aliphatic heterocycles. The molecule has 0 saturated carbocycles. The highest BCUT2D eigenvalue weighted by Crippen LogP contribution is 2.15. The van der Waals surface area contributed by atoms with Crippen molar-refractivity contribution < 1.29 is 0 Å². The van der Waals surface area contributed by atoms with Crippen molar-refractivity contribution in [2.75, 3.05) is 33.2 Å². The standard InChI is InChI=1S/C9H20N2/c1-8(2)5-11-6-9(7-11)4-10-3/h8-10H,4-7H2,1-3H3. The molecule has 2 heteroatoms. The number of hydrogen-bond acceptors (Lipinski definition) is 2. The molecule has 0 spiro atoms. The minimum absolute atomic E-state index is 0.825. The minimum Gasteiger partial charge on any atom is -0.319 e. The first kappa shape index (κ1) is 9.01. The molecule has 0 aliphatic carbocycles. The van der Waals surface area contributed by atoms with E-state index in [1.54, 1.807) is 0 Å². The van der Waals surface area contributed by atoms with Crippen LogP contribution >= 0.6 is 0 Å². The van der Waals surface area contributed by atoms with Crippen LogP contribution in [0.2, 0.25) is 0 Å². The minimum atomic E-state index is 0.825. The highest BCUT2D eigenvalue weighted by Gasteiger charge is 2.25. The molecule has 0 aromatic rings. The van der Waals surface area contributed by atoms with Gasteiger partial charge < -0.3 is 10.2 Å². The van der Waals surface area contributed by atoms with Gasteiger partial charge in [-0.3, -0.25) is 0 Å². The van der Waals surface area contributed by atoms with E-state index in [9.17, 15) is 0 Å². The van der Waals surface area contributed by atoms with Gasteiger partial charge in [-0.2, -0.15) is 0 Å². The van der Waals surface area contributed by atoms with Crippen molar-refractivity contribution in [3.05, 3.63) is 0 Å². The summed E-state index contributed by atoms with van der Waals surface area (Å²) in [4.78, 5) is 2.53. The molecule has 1 N–H and O–H groups in total. The second kappa shape index (κ2) is 4.07. The summed E-state index contributed by atoms with van der Waals surface area (Å²) in [7, 11) is 2.03. The van der Waals surface area contributed by atoms with E-state index in [2.05, 4.69) is 24.1 Å². The van der Waals surface area contributed by atoms with Crippen molar-refractivity contribution >= 4 is 0 Å². The quantitative estimate of drug-likeness (QED) is 0.647. The number of rotatable bonds is 4. The summed E-state index contributed by atoms with van der Waals surface area (Å²) >= 11 is 0. The van der Waals surface area contributed by atoms with Crippen molar-refractivity contribution in [2.45, 2.75) is 13.8 Å². The van der Waals surface area contributed by atoms with Gasteiger partial charge in [0.2, 0.25) is 0 Å². The van der Waals surface area contributed by atoms with Crippen LogP contribution in [0.15, 0.2) is 0 Å². The molecule has 1 heterocycles. The van der Waals surface area contributed by atoms with Gasteiger partial charge in [0.15, 0.2) is 0 Å². The van der Waals surface area contributed by atoms with Crippen LogP contribution < -0.4 is 5.32 Å². The molecule has 1 rings (SSSR count). The number of nitrogens with zero attached hydrogens (tertiary/aromatic N) is 1. The molecular weight excluding hydrogens is 136 g/mol. The summed E-state index contributed by atoms with van der Waals surface area (Å²) in [6.07, 6.45) is 0. The average molecular weight is 156 g/mol. The first-order valence-electron chi connectivity index (χ1n) is 4.59. The Morgan fingerprint density at radius 1 is 1.45 bits per heavy atom. The first-order valence-corrected chi connectivity index (χ1v) is 4.59. The Morgan fingerprint density at radius 3 is 2.55 bits per heavy atom. The number of likely N-dealkylation sites (tertiary alicyclic amines) is 1. The molecule has 0 bridgehead atoms. The van der Waals surface area contributed by atoms with Gasteiger partial charge in [-0.05, 0) is 18.9 Å². The zero-order valence-electron chi connectivity index (χ0n) is 7.93. The average Bonchev–Trinajstić information content (AvgIpc) is 1.82. The van der Waals surface area contributed by atoms with Crippen LogP contribution in [0.3, 0.4) is 0 Å². The summed E-state index contributed by atoms with van der Waals surface area (Å²) in [5.41, 5.74) is 0. The van der Waals surface area contributed by atoms with Gasteiger partial charge in [0, 0.05) is 26.2 Å². The monoisotopic (exact) mass is 156 g/mol. The molecule has 0 amide bonds. The van der Waals surface area contributed by atoms with Crippen LogP contribution in [0.1, 0.15) is 13.8 Å². The molecule has 11 heavy (non-hydrogen) atoms. The van der Waals surface area contributed by atoms with Crippen molar-refractivity contribution in [3.8, 4) is 0 Å². The molecule has 0 radical (unpaired) electrons. The molecule has 0 aromatic carbocycles. The van der Waals surface area contributed by atoms with Gasteiger partial charge in [0.05, 0.1) is 0 Å². The lowest BCUT2D eigenvalue weighted by Gasteiger charge is -2.40. The van der Waals surface area contributed by atoms with E-state index in [4.69, 9.17) is 0 Å². The molecule has 66 valence electrons. The van der Waals surface area contributed by atoms with Crippen LogP contribution in [-0.2, 0) is 0 Å². The molecule has 1 fully saturated rings. The molecule has 0 aromatic heterocycles. The Labute approximate surface area is 70.0 Å². The largest absolute Gasteiger partial charge is 0.319 e. The van der Waals surface area contributed by atoms with Crippen LogP contribution in [0, 0.1) is 11.8 Å². The Kier molecular flexibility index (Phi) is 3.34. The number of nitrogens with one attached hydrogen (secondary N) is 1. The fourth-order valence-electron chi connectivity index (χ4n) is 1.76. The Hall–Kier alpha value is -0.0800. The van der Waals surface area contributed by atoms with Crippen molar-refractivity contribution in [3.63, 3.8) is 0 Å². The second-order valence-corrected chi connectivity index (χ2v) is 4.04. The molecule has 0 unspecified atom stereocenters. The molecule has 1 aliphatic rings. The van der Waals surface area contributed by atoms with Gasteiger partial charge in [-0.15, -0.1) is 0 Å². The van der Waals surface area contributed by atoms with Crippen LogP contribution in [0.25, 0.3) is 0 Å². The van der Waals surface area contributed by atoms with Crippen LogP contribution in [0.5, 0.6) is 0 Å². The van der Waals surface area contributed by atoms with E-state index in [-0.39, 0.29) is 0 Å². The maximum atomic E-state index is 3.22. The Bertz CT molecular complexity index is 106. The predicted octanol–water partition coefficient (Wildman–Crippen LogP) is 0.794. The number of hydrogen-bond donors (Lipinski definition) is 1. The molecule has 1 saturated heterocycles. The smallest absolute Gasteiger partial charge is 0.00343 e. The Balaban J connectivity index is 2.00. The summed E-state index contributed by atoms with van der Waals surface area (Å²) in [5.74, 6) is 1.74. The van der Waals surface area contributed by atoms with Gasteiger partial charge in [0.1, 0.15) is 0 Å². The van der Waals surface area contributed by atoms with Gasteiger partial charge in [0.25, 0.3) is 0 Å². The summed E-state index contributed by atoms with van der Waals surface area (Å²) in [6.45, 7) is 9.64. The van der Waals surface area contributed by atoms with Crippen molar-refractivity contribution in [2.24, 2.45) is 11.8 Å². The summed E-state index contributed by atoms with van der Waals surface area (Å²) in [5, 5.41) is 3.22. The Morgan fingerprint density at radius 2 is 2.09 bits per heavy atom. The third kappa shape index (κ3) is 2.80. The van der Waals surface area contributed by atoms with E-state index in [1.807, 2.05) is 7.05 Å². The zero-order valence-corrected chi connectivity index (χ0v) is 7.93. The van der Waals surface area contributed by atoms with Gasteiger partial charge in [-0.25, -0.2) is 0 Å². The fourth-order valence-corrected chi connectivity index (χ4v) is 1.76. The topological polar surface area (TPSA) is 15.3 Å². The van der Waals surface area contributed by atoms with E-state index >= 15 is 0 Å². The second-order valence-electron chi connectivity index (χ2n) is 4.04. The van der Waals surface area contributed by atoms with E-state index in [0.717, 1.165) is 11.8 Å². The zero-order chi connectivity index (χ0) is 8.27. The lowest BCUT2D eigenvalue weighted by molar-refractivity contribution is 0.0879. The molecule has 2 nitrogen and oxygen atoms in total. The molecular formula is C9H20N2. The highest BCUT2D eigenvalue weighted by atomic mass is 15.2. The lowest BCUT2D eigenvalue weighted by Crippen LogP contribution is -2.51.